The molecule has 2 atom stereocenters. The number of H-pyrrole nitrogens is 1. The van der Waals surface area contributed by atoms with Gasteiger partial charge in [-0.2, -0.15) is 24.2 Å². The lowest BCUT2D eigenvalue weighted by Crippen LogP contribution is -2.05. The summed E-state index contributed by atoms with van der Waals surface area (Å²) < 4.78 is 30.2. The highest BCUT2D eigenvalue weighted by molar-refractivity contribution is 5.71. The van der Waals surface area contributed by atoms with Crippen molar-refractivity contribution in [2.24, 2.45) is 11.8 Å². The Morgan fingerprint density at radius 2 is 2.32 bits per heavy atom. The molecular formula is C14H12F2N8O. The van der Waals surface area contributed by atoms with Gasteiger partial charge in [-0.3, -0.25) is 0 Å². The molecule has 11 heteroatoms. The van der Waals surface area contributed by atoms with Gasteiger partial charge in [0.15, 0.2) is 17.3 Å². The van der Waals surface area contributed by atoms with Crippen molar-refractivity contribution in [3.8, 4) is 11.9 Å². The molecule has 0 aliphatic heterocycles. The van der Waals surface area contributed by atoms with Gasteiger partial charge < -0.3 is 10.1 Å². The minimum absolute atomic E-state index is 0.0748. The van der Waals surface area contributed by atoms with Gasteiger partial charge in [-0.15, -0.1) is 0 Å². The summed E-state index contributed by atoms with van der Waals surface area (Å²) in [7, 11) is 0. The number of nitriles is 1. The van der Waals surface area contributed by atoms with Crippen LogP contribution in [0, 0.1) is 23.2 Å². The molecule has 0 radical (unpaired) electrons. The van der Waals surface area contributed by atoms with Crippen LogP contribution in [0.4, 0.5) is 20.4 Å². The first-order valence-corrected chi connectivity index (χ1v) is 7.48. The lowest BCUT2D eigenvalue weighted by molar-refractivity contribution is -0.0528. The topological polar surface area (TPSA) is 117 Å². The van der Waals surface area contributed by atoms with Crippen molar-refractivity contribution in [1.82, 2.24) is 29.9 Å². The lowest BCUT2D eigenvalue weighted by atomic mass is 10.3. The number of fused-ring (bicyclic) bond motifs is 1. The van der Waals surface area contributed by atoms with E-state index < -0.39 is 6.61 Å². The predicted octanol–water partition coefficient (Wildman–Crippen LogP) is 2.05. The van der Waals surface area contributed by atoms with Crippen molar-refractivity contribution in [2.75, 3.05) is 5.32 Å². The highest BCUT2D eigenvalue weighted by Crippen LogP contribution is 2.39. The number of ether oxygens (including phenoxy) is 1. The van der Waals surface area contributed by atoms with Gasteiger partial charge in [0.1, 0.15) is 5.52 Å². The van der Waals surface area contributed by atoms with Gasteiger partial charge in [0, 0.05) is 12.6 Å². The first-order valence-electron chi connectivity index (χ1n) is 7.48. The van der Waals surface area contributed by atoms with E-state index in [9.17, 15) is 8.78 Å². The summed E-state index contributed by atoms with van der Waals surface area (Å²) >= 11 is 0. The number of hydrogen-bond donors (Lipinski definition) is 2. The molecule has 3 heterocycles. The molecule has 3 aromatic heterocycles. The summed E-state index contributed by atoms with van der Waals surface area (Å²) in [4.78, 5) is 8.69. The van der Waals surface area contributed by atoms with E-state index in [0.29, 0.717) is 23.5 Å². The third kappa shape index (κ3) is 3.18. The Balaban J connectivity index is 1.52. The first kappa shape index (κ1) is 15.3. The predicted molar refractivity (Wildman–Crippen MR) is 81.0 cm³/mol. The summed E-state index contributed by atoms with van der Waals surface area (Å²) in [5.41, 5.74) is 1.21. The van der Waals surface area contributed by atoms with Crippen LogP contribution in [-0.2, 0) is 6.54 Å². The standard InChI is InChI=1S/C14H12F2N8O/c15-14(16)25-12-2-10(22-23-12)20-11-5-18-9-4-19-24(13(9)21-11)6-8-1-7(8)3-17/h2,4-5,7-8,14H,1,6H2,(H2,20,21,22,23)/t7-,8-/m0/s1. The molecule has 9 nitrogen and oxygen atoms in total. The average molecular weight is 346 g/mol. The number of halogens is 2. The Labute approximate surface area is 139 Å². The molecule has 1 aliphatic rings. The maximum Gasteiger partial charge on any atom is 0.388 e. The smallest absolute Gasteiger partial charge is 0.388 e. The Bertz CT molecular complexity index is 946. The maximum absolute atomic E-state index is 12.2. The second-order valence-electron chi connectivity index (χ2n) is 5.64. The van der Waals surface area contributed by atoms with Crippen molar-refractivity contribution in [3.63, 3.8) is 0 Å². The van der Waals surface area contributed by atoms with E-state index in [1.807, 2.05) is 0 Å². The van der Waals surface area contributed by atoms with Crippen LogP contribution < -0.4 is 10.1 Å². The Kier molecular flexibility index (Phi) is 3.64. The molecule has 0 bridgehead atoms. The largest absolute Gasteiger partial charge is 0.417 e. The van der Waals surface area contributed by atoms with Crippen LogP contribution in [0.25, 0.3) is 11.2 Å². The third-order valence-corrected chi connectivity index (χ3v) is 3.87. The number of nitrogens with one attached hydrogen (secondary N) is 2. The molecule has 3 aromatic rings. The first-order chi connectivity index (χ1) is 12.1. The van der Waals surface area contributed by atoms with Crippen molar-refractivity contribution < 1.29 is 13.5 Å². The number of aromatic nitrogens is 6. The molecule has 4 rings (SSSR count). The van der Waals surface area contributed by atoms with E-state index in [1.165, 1.54) is 12.3 Å². The van der Waals surface area contributed by atoms with Crippen LogP contribution >= 0.6 is 0 Å². The van der Waals surface area contributed by atoms with Crippen LogP contribution in [0.1, 0.15) is 6.42 Å². The highest BCUT2D eigenvalue weighted by atomic mass is 19.3. The fourth-order valence-corrected chi connectivity index (χ4v) is 2.53. The zero-order chi connectivity index (χ0) is 17.4. The molecule has 0 spiro atoms. The van der Waals surface area contributed by atoms with Gasteiger partial charge in [-0.1, -0.05) is 0 Å². The Morgan fingerprint density at radius 1 is 1.44 bits per heavy atom. The van der Waals surface area contributed by atoms with Gasteiger partial charge in [0.25, 0.3) is 0 Å². The quantitative estimate of drug-likeness (QED) is 0.701. The lowest BCUT2D eigenvalue weighted by Gasteiger charge is -2.04. The number of aromatic amines is 1. The summed E-state index contributed by atoms with van der Waals surface area (Å²) in [5.74, 6) is 0.852. The number of alkyl halides is 2. The molecule has 2 N–H and O–H groups in total. The zero-order valence-electron chi connectivity index (χ0n) is 12.7. The van der Waals surface area contributed by atoms with E-state index in [1.54, 1.807) is 10.9 Å². The van der Waals surface area contributed by atoms with Crippen molar-refractivity contribution >= 4 is 22.8 Å². The number of rotatable bonds is 6. The van der Waals surface area contributed by atoms with Crippen molar-refractivity contribution in [2.45, 2.75) is 19.6 Å². The molecule has 1 aliphatic carbocycles. The molecule has 0 saturated heterocycles. The summed E-state index contributed by atoms with van der Waals surface area (Å²) in [5, 5.41) is 22.2. The molecule has 1 fully saturated rings. The van der Waals surface area contributed by atoms with Crippen LogP contribution in [-0.4, -0.2) is 36.6 Å². The van der Waals surface area contributed by atoms with E-state index in [0.717, 1.165) is 6.42 Å². The number of anilines is 2. The normalized spacial score (nSPS) is 19.1. The minimum Gasteiger partial charge on any atom is -0.417 e. The fraction of sp³-hybridized carbons (Fsp3) is 0.357. The van der Waals surface area contributed by atoms with Gasteiger partial charge >= 0.3 is 6.61 Å². The summed E-state index contributed by atoms with van der Waals surface area (Å²) in [6.07, 6.45) is 3.97. The molecular weight excluding hydrogens is 334 g/mol. The van der Waals surface area contributed by atoms with E-state index in [4.69, 9.17) is 5.26 Å². The minimum atomic E-state index is -2.93. The van der Waals surface area contributed by atoms with Gasteiger partial charge in [-0.25, -0.2) is 19.7 Å². The molecule has 0 aromatic carbocycles. The number of hydrogen-bond acceptors (Lipinski definition) is 7. The maximum atomic E-state index is 12.2. The third-order valence-electron chi connectivity index (χ3n) is 3.87. The van der Waals surface area contributed by atoms with E-state index >= 15 is 0 Å². The molecule has 0 amide bonds. The molecule has 128 valence electrons. The van der Waals surface area contributed by atoms with E-state index in [2.05, 4.69) is 41.4 Å². The van der Waals surface area contributed by atoms with E-state index in [-0.39, 0.29) is 23.5 Å². The monoisotopic (exact) mass is 346 g/mol. The zero-order valence-corrected chi connectivity index (χ0v) is 12.7. The van der Waals surface area contributed by atoms with Gasteiger partial charge in [-0.05, 0) is 12.3 Å². The Morgan fingerprint density at radius 3 is 3.08 bits per heavy atom. The van der Waals surface area contributed by atoms with Crippen LogP contribution in [0.2, 0.25) is 0 Å². The second-order valence-corrected chi connectivity index (χ2v) is 5.64. The van der Waals surface area contributed by atoms with Crippen molar-refractivity contribution in [1.29, 1.82) is 5.26 Å². The van der Waals surface area contributed by atoms with Crippen LogP contribution in [0.5, 0.6) is 5.88 Å². The van der Waals surface area contributed by atoms with Crippen LogP contribution in [0.15, 0.2) is 18.5 Å². The molecule has 1 saturated carbocycles. The summed E-state index contributed by atoms with van der Waals surface area (Å²) in [6, 6.07) is 3.53. The van der Waals surface area contributed by atoms with Crippen LogP contribution in [0.3, 0.4) is 0 Å². The second kappa shape index (κ2) is 5.97. The van der Waals surface area contributed by atoms with Crippen molar-refractivity contribution in [3.05, 3.63) is 18.5 Å². The fourth-order valence-electron chi connectivity index (χ4n) is 2.53. The SMILES string of the molecule is N#C[C@@H]1C[C@H]1Cn1ncc2ncc(Nc3cc(OC(F)F)[nH]n3)nc21. The molecule has 0 unspecified atom stereocenters. The number of nitrogens with zero attached hydrogens (tertiary/aromatic N) is 6. The summed E-state index contributed by atoms with van der Waals surface area (Å²) in [6.45, 7) is -2.33. The van der Waals surface area contributed by atoms with Gasteiger partial charge in [0.05, 0.1) is 24.4 Å². The Hall–Kier alpha value is -3.29. The highest BCUT2D eigenvalue weighted by Gasteiger charge is 2.37. The molecule has 25 heavy (non-hydrogen) atoms. The average Bonchev–Trinajstić information content (AvgIpc) is 3.01. The van der Waals surface area contributed by atoms with Gasteiger partial charge in [0.2, 0.25) is 5.88 Å².